The number of hydrogen-bond donors (Lipinski definition) is 2. The van der Waals surface area contributed by atoms with Crippen LogP contribution < -0.4 is 0 Å². The van der Waals surface area contributed by atoms with Crippen molar-refractivity contribution in [2.24, 2.45) is 5.92 Å². The van der Waals surface area contributed by atoms with Crippen molar-refractivity contribution in [3.63, 3.8) is 0 Å². The lowest BCUT2D eigenvalue weighted by atomic mass is 10.1. The van der Waals surface area contributed by atoms with E-state index in [2.05, 4.69) is 0 Å². The Morgan fingerprint density at radius 1 is 1.47 bits per heavy atom. The summed E-state index contributed by atoms with van der Waals surface area (Å²) in [4.78, 5) is 0. The molecule has 1 heterocycles. The van der Waals surface area contributed by atoms with Crippen molar-refractivity contribution < 1.29 is 10.2 Å². The fourth-order valence-corrected chi connectivity index (χ4v) is 1.79. The smallest absolute Gasteiger partial charge is 0.0832 e. The van der Waals surface area contributed by atoms with Gasteiger partial charge in [-0.2, -0.15) is 0 Å². The van der Waals surface area contributed by atoms with Crippen molar-refractivity contribution in [3.8, 4) is 0 Å². The molecule has 1 aromatic rings. The first kappa shape index (κ1) is 10.7. The first-order chi connectivity index (χ1) is 7.16. The van der Waals surface area contributed by atoms with Gasteiger partial charge < -0.3 is 14.8 Å². The molecule has 0 aromatic carbocycles. The minimum absolute atomic E-state index is 0.260. The van der Waals surface area contributed by atoms with Gasteiger partial charge in [0.05, 0.1) is 12.2 Å². The molecule has 1 saturated carbocycles. The lowest BCUT2D eigenvalue weighted by Crippen LogP contribution is -2.05. The summed E-state index contributed by atoms with van der Waals surface area (Å²) in [5.41, 5.74) is 1.02. The van der Waals surface area contributed by atoms with E-state index >= 15 is 0 Å². The van der Waals surface area contributed by atoms with E-state index in [0.717, 1.165) is 31.4 Å². The topological polar surface area (TPSA) is 45.4 Å². The summed E-state index contributed by atoms with van der Waals surface area (Å²) in [7, 11) is 0. The van der Waals surface area contributed by atoms with E-state index in [1.807, 2.05) is 23.0 Å². The summed E-state index contributed by atoms with van der Waals surface area (Å²) < 4.78 is 2.04. The summed E-state index contributed by atoms with van der Waals surface area (Å²) in [5.74, 6) is 0.484. The molecule has 15 heavy (non-hydrogen) atoms. The molecule has 0 amide bonds. The third-order valence-electron chi connectivity index (χ3n) is 2.99. The Morgan fingerprint density at radius 2 is 2.20 bits per heavy atom. The Balaban J connectivity index is 1.91. The van der Waals surface area contributed by atoms with Gasteiger partial charge in [0, 0.05) is 18.9 Å². The Hall–Kier alpha value is -0.800. The normalized spacial score (nSPS) is 20.2. The highest BCUT2D eigenvalue weighted by Crippen LogP contribution is 2.40. The standard InChI is InChI=1S/C12H19NO2/c1-9(14)4-6-13-7-5-11(8-13)12(15)10-2-3-10/h5,7-10,12,14-15H,2-4,6H2,1H3. The summed E-state index contributed by atoms with van der Waals surface area (Å²) in [6, 6.07) is 1.98. The van der Waals surface area contributed by atoms with Crippen LogP contribution in [0.5, 0.6) is 0 Å². The third kappa shape index (κ3) is 2.83. The van der Waals surface area contributed by atoms with Gasteiger partial charge in [-0.1, -0.05) is 0 Å². The van der Waals surface area contributed by atoms with E-state index in [-0.39, 0.29) is 12.2 Å². The largest absolute Gasteiger partial charge is 0.393 e. The van der Waals surface area contributed by atoms with Crippen LogP contribution in [0, 0.1) is 5.92 Å². The number of aromatic nitrogens is 1. The van der Waals surface area contributed by atoms with Crippen LogP contribution in [-0.2, 0) is 6.54 Å². The Kier molecular flexibility index (Phi) is 3.12. The maximum absolute atomic E-state index is 9.89. The molecule has 0 saturated heterocycles. The van der Waals surface area contributed by atoms with E-state index in [4.69, 9.17) is 5.11 Å². The molecule has 84 valence electrons. The molecule has 2 unspecified atom stereocenters. The molecule has 1 fully saturated rings. The maximum Gasteiger partial charge on any atom is 0.0832 e. The molecule has 1 aliphatic rings. The average Bonchev–Trinajstić information content (AvgIpc) is 2.93. The molecular formula is C12H19NO2. The van der Waals surface area contributed by atoms with Gasteiger partial charge in [-0.25, -0.2) is 0 Å². The van der Waals surface area contributed by atoms with Crippen molar-refractivity contribution in [2.75, 3.05) is 0 Å². The number of nitrogens with zero attached hydrogens (tertiary/aromatic N) is 1. The van der Waals surface area contributed by atoms with E-state index in [0.29, 0.717) is 5.92 Å². The predicted octanol–water partition coefficient (Wildman–Crippen LogP) is 1.70. The van der Waals surface area contributed by atoms with Gasteiger partial charge in [0.2, 0.25) is 0 Å². The molecular weight excluding hydrogens is 190 g/mol. The molecule has 0 spiro atoms. The van der Waals surface area contributed by atoms with Crippen molar-refractivity contribution in [2.45, 2.75) is 44.9 Å². The van der Waals surface area contributed by atoms with Gasteiger partial charge in [-0.3, -0.25) is 0 Å². The van der Waals surface area contributed by atoms with Gasteiger partial charge in [0.15, 0.2) is 0 Å². The number of rotatable bonds is 5. The molecule has 3 heteroatoms. The molecule has 2 rings (SSSR count). The minimum Gasteiger partial charge on any atom is -0.393 e. The van der Waals surface area contributed by atoms with Gasteiger partial charge in [0.25, 0.3) is 0 Å². The molecule has 3 nitrogen and oxygen atoms in total. The second-order valence-corrected chi connectivity index (χ2v) is 4.60. The van der Waals surface area contributed by atoms with Gasteiger partial charge >= 0.3 is 0 Å². The van der Waals surface area contributed by atoms with E-state index in [9.17, 15) is 5.11 Å². The summed E-state index contributed by atoms with van der Waals surface area (Å²) in [6.07, 6.45) is 6.49. The highest BCUT2D eigenvalue weighted by molar-refractivity contribution is 5.16. The van der Waals surface area contributed by atoms with Crippen LogP contribution in [0.25, 0.3) is 0 Å². The monoisotopic (exact) mass is 209 g/mol. The summed E-state index contributed by atoms with van der Waals surface area (Å²) >= 11 is 0. The second-order valence-electron chi connectivity index (χ2n) is 4.60. The molecule has 1 aliphatic carbocycles. The molecule has 2 atom stereocenters. The van der Waals surface area contributed by atoms with Crippen molar-refractivity contribution in [3.05, 3.63) is 24.0 Å². The third-order valence-corrected chi connectivity index (χ3v) is 2.99. The minimum atomic E-state index is -0.280. The van der Waals surface area contributed by atoms with Crippen molar-refractivity contribution in [1.82, 2.24) is 4.57 Å². The molecule has 0 aliphatic heterocycles. The number of aliphatic hydroxyl groups is 2. The van der Waals surface area contributed by atoms with Crippen LogP contribution in [0.4, 0.5) is 0 Å². The zero-order valence-corrected chi connectivity index (χ0v) is 9.13. The van der Waals surface area contributed by atoms with Crippen LogP contribution in [0.1, 0.15) is 37.9 Å². The maximum atomic E-state index is 9.89. The van der Waals surface area contributed by atoms with Crippen LogP contribution in [-0.4, -0.2) is 20.9 Å². The fraction of sp³-hybridized carbons (Fsp3) is 0.667. The second kappa shape index (κ2) is 4.37. The first-order valence-electron chi connectivity index (χ1n) is 5.68. The van der Waals surface area contributed by atoms with Crippen LogP contribution in [0.2, 0.25) is 0 Å². The Morgan fingerprint density at radius 3 is 2.80 bits per heavy atom. The quantitative estimate of drug-likeness (QED) is 0.775. The SMILES string of the molecule is CC(O)CCn1ccc(C(O)C2CC2)c1. The van der Waals surface area contributed by atoms with Crippen LogP contribution in [0.15, 0.2) is 18.5 Å². The molecule has 0 bridgehead atoms. The van der Waals surface area contributed by atoms with Gasteiger partial charge in [-0.15, -0.1) is 0 Å². The van der Waals surface area contributed by atoms with E-state index < -0.39 is 0 Å². The van der Waals surface area contributed by atoms with Crippen LogP contribution in [0.3, 0.4) is 0 Å². The number of hydrogen-bond acceptors (Lipinski definition) is 2. The fourth-order valence-electron chi connectivity index (χ4n) is 1.79. The first-order valence-corrected chi connectivity index (χ1v) is 5.68. The van der Waals surface area contributed by atoms with Crippen molar-refractivity contribution in [1.29, 1.82) is 0 Å². The lowest BCUT2D eigenvalue weighted by molar-refractivity contribution is 0.153. The van der Waals surface area contributed by atoms with Crippen LogP contribution >= 0.6 is 0 Å². The van der Waals surface area contributed by atoms with Gasteiger partial charge in [0.1, 0.15) is 0 Å². The predicted molar refractivity (Wildman–Crippen MR) is 58.4 cm³/mol. The average molecular weight is 209 g/mol. The molecule has 0 radical (unpaired) electrons. The number of aryl methyl sites for hydroxylation is 1. The molecule has 1 aromatic heterocycles. The zero-order valence-electron chi connectivity index (χ0n) is 9.13. The van der Waals surface area contributed by atoms with E-state index in [1.54, 1.807) is 6.92 Å². The summed E-state index contributed by atoms with van der Waals surface area (Å²) in [6.45, 7) is 2.61. The Labute approximate surface area is 90.4 Å². The lowest BCUT2D eigenvalue weighted by Gasteiger charge is -2.07. The van der Waals surface area contributed by atoms with Crippen molar-refractivity contribution >= 4 is 0 Å². The van der Waals surface area contributed by atoms with Gasteiger partial charge in [-0.05, 0) is 43.7 Å². The highest BCUT2D eigenvalue weighted by Gasteiger charge is 2.31. The van der Waals surface area contributed by atoms with E-state index in [1.165, 1.54) is 0 Å². The zero-order chi connectivity index (χ0) is 10.8. The highest BCUT2D eigenvalue weighted by atomic mass is 16.3. The molecule has 2 N–H and O–H groups in total. The number of aliphatic hydroxyl groups excluding tert-OH is 2. The summed E-state index contributed by atoms with van der Waals surface area (Å²) in [5, 5.41) is 19.1. The Bertz CT molecular complexity index is 315.